The number of hydrogen-bond donors (Lipinski definition) is 12. The fourth-order valence-corrected chi connectivity index (χ4v) is 5.95. The summed E-state index contributed by atoms with van der Waals surface area (Å²) >= 11 is 0. The van der Waals surface area contributed by atoms with Gasteiger partial charge in [0.05, 0.1) is 31.4 Å². The van der Waals surface area contributed by atoms with Crippen molar-refractivity contribution in [3.05, 3.63) is 70.8 Å². The smallest absolute Gasteiger partial charge is 0.294 e. The molecule has 0 aliphatic rings. The molecule has 0 aliphatic carbocycles. The van der Waals surface area contributed by atoms with E-state index >= 15 is 0 Å². The topological polar surface area (TPSA) is 372 Å². The molecule has 276 valence electrons. The van der Waals surface area contributed by atoms with Crippen molar-refractivity contribution in [2.75, 3.05) is 16.0 Å². The number of hydrogen-bond acceptors (Lipinski definition) is 15. The summed E-state index contributed by atoms with van der Waals surface area (Å²) in [5, 5.41) is 67.1. The molecule has 0 saturated heterocycles. The Balaban J connectivity index is 1.86. The minimum absolute atomic E-state index is 0.155. The summed E-state index contributed by atoms with van der Waals surface area (Å²) in [5.41, 5.74) is -4.23. The Labute approximate surface area is 291 Å². The van der Waals surface area contributed by atoms with E-state index in [0.29, 0.717) is 36.4 Å². The zero-order valence-corrected chi connectivity index (χ0v) is 28.0. The molecule has 0 spiro atoms. The van der Waals surface area contributed by atoms with E-state index in [1.54, 1.807) is 0 Å². The van der Waals surface area contributed by atoms with Gasteiger partial charge in [0, 0.05) is 35.3 Å². The third kappa shape index (κ3) is 8.06. The molecule has 0 heterocycles. The maximum Gasteiger partial charge on any atom is 0.294 e. The van der Waals surface area contributed by atoms with Crippen molar-refractivity contribution in [2.45, 2.75) is 21.6 Å². The minimum atomic E-state index is -5.04. The first-order valence-electron chi connectivity index (χ1n) is 13.5. The zero-order valence-electron chi connectivity index (χ0n) is 25.5. The molecule has 0 aliphatic heterocycles. The highest BCUT2D eigenvalue weighted by Crippen LogP contribution is 2.37. The quantitative estimate of drug-likeness (QED) is 0.0848. The van der Waals surface area contributed by atoms with Gasteiger partial charge >= 0.3 is 0 Å². The van der Waals surface area contributed by atoms with Crippen LogP contribution in [-0.4, -0.2) is 87.3 Å². The van der Waals surface area contributed by atoms with E-state index in [1.165, 1.54) is 6.92 Å². The lowest BCUT2D eigenvalue weighted by Gasteiger charge is -2.18. The summed E-state index contributed by atoms with van der Waals surface area (Å²) in [4.78, 5) is 36.6. The van der Waals surface area contributed by atoms with Crippen molar-refractivity contribution < 1.29 is 83.9 Å². The number of aromatic hydroxyl groups is 6. The third-order valence-electron chi connectivity index (χ3n) is 6.98. The molecule has 0 fully saturated rings. The number of phenols is 6. The molecule has 0 unspecified atom stereocenters. The van der Waals surface area contributed by atoms with E-state index in [-0.39, 0.29) is 5.56 Å². The molecule has 3 amide bonds. The minimum Gasteiger partial charge on any atom is -0.504 e. The predicted octanol–water partition coefficient (Wildman–Crippen LogP) is 1.73. The fraction of sp³-hybridized carbons (Fsp3) is 0.0357. The number of amides is 3. The third-order valence-corrected chi connectivity index (χ3v) is 9.47. The SMILES string of the molecule is Cc1c(NC(=O)c2cc(S(=O)(=O)O)cc(O)c2O)cc(NC(=O)c2cc(S(=O)(=O)O)cc(O)c2O)cc1NC(=O)c1cc(S(=O)(=O)O)cc(O)c1O. The second-order valence-corrected chi connectivity index (χ2v) is 14.8. The van der Waals surface area contributed by atoms with Crippen LogP contribution in [0.4, 0.5) is 17.1 Å². The molecule has 0 radical (unpaired) electrons. The lowest BCUT2D eigenvalue weighted by Crippen LogP contribution is -2.18. The van der Waals surface area contributed by atoms with Gasteiger partial charge in [-0.25, -0.2) is 0 Å². The van der Waals surface area contributed by atoms with Crippen LogP contribution in [0.5, 0.6) is 34.5 Å². The Morgan fingerprint density at radius 3 is 1.00 bits per heavy atom. The van der Waals surface area contributed by atoms with Crippen LogP contribution < -0.4 is 16.0 Å². The predicted molar refractivity (Wildman–Crippen MR) is 174 cm³/mol. The fourth-order valence-electron chi connectivity index (χ4n) is 4.37. The zero-order chi connectivity index (χ0) is 39.2. The van der Waals surface area contributed by atoms with E-state index in [4.69, 9.17) is 0 Å². The van der Waals surface area contributed by atoms with Gasteiger partial charge in [-0.1, -0.05) is 0 Å². The number of carbonyl (C=O) groups excluding carboxylic acids is 3. The molecule has 0 atom stereocenters. The summed E-state index contributed by atoms with van der Waals surface area (Å²) in [5.74, 6) is -11.1. The van der Waals surface area contributed by atoms with Gasteiger partial charge in [-0.15, -0.1) is 0 Å². The van der Waals surface area contributed by atoms with Gasteiger partial charge in [0.15, 0.2) is 34.5 Å². The first-order chi connectivity index (χ1) is 23.8. The lowest BCUT2D eigenvalue weighted by atomic mass is 10.1. The average Bonchev–Trinajstić information content (AvgIpc) is 3.01. The highest BCUT2D eigenvalue weighted by atomic mass is 32.2. The Hall–Kier alpha value is -6.18. The maximum absolute atomic E-state index is 13.2. The van der Waals surface area contributed by atoms with Crippen LogP contribution in [0.25, 0.3) is 0 Å². The second-order valence-electron chi connectivity index (χ2n) is 10.5. The van der Waals surface area contributed by atoms with Gasteiger partial charge in [-0.3, -0.25) is 28.0 Å². The van der Waals surface area contributed by atoms with Crippen molar-refractivity contribution >= 4 is 65.1 Å². The van der Waals surface area contributed by atoms with Gasteiger partial charge in [0.1, 0.15) is 0 Å². The summed E-state index contributed by atoms with van der Waals surface area (Å²) < 4.78 is 97.9. The van der Waals surface area contributed by atoms with Crippen molar-refractivity contribution in [2.24, 2.45) is 0 Å². The molecule has 0 saturated carbocycles. The molecule has 21 nitrogen and oxygen atoms in total. The monoisotopic (exact) mass is 785 g/mol. The largest absolute Gasteiger partial charge is 0.504 e. The number of anilines is 3. The van der Waals surface area contributed by atoms with Crippen LogP contribution in [0.1, 0.15) is 36.6 Å². The molecule has 52 heavy (non-hydrogen) atoms. The van der Waals surface area contributed by atoms with Gasteiger partial charge in [0.2, 0.25) is 0 Å². The van der Waals surface area contributed by atoms with Crippen LogP contribution in [0, 0.1) is 6.92 Å². The van der Waals surface area contributed by atoms with Gasteiger partial charge in [-0.2, -0.15) is 25.3 Å². The molecule has 12 N–H and O–H groups in total. The van der Waals surface area contributed by atoms with Gasteiger partial charge < -0.3 is 46.6 Å². The summed E-state index contributed by atoms with van der Waals surface area (Å²) in [6, 6.07) is 4.55. The summed E-state index contributed by atoms with van der Waals surface area (Å²) in [6.07, 6.45) is 0. The number of phenolic OH excluding ortho intramolecular Hbond substituents is 6. The molecule has 4 aromatic carbocycles. The molecule has 24 heteroatoms. The van der Waals surface area contributed by atoms with E-state index < -0.39 is 131 Å². The summed E-state index contributed by atoms with van der Waals surface area (Å²) in [6.45, 7) is 1.20. The van der Waals surface area contributed by atoms with Crippen molar-refractivity contribution in [1.29, 1.82) is 0 Å². The molecule has 0 bridgehead atoms. The van der Waals surface area contributed by atoms with E-state index in [0.717, 1.165) is 12.1 Å². The highest BCUT2D eigenvalue weighted by Gasteiger charge is 2.26. The summed E-state index contributed by atoms with van der Waals surface area (Å²) in [7, 11) is -15.1. The Morgan fingerprint density at radius 1 is 0.462 bits per heavy atom. The molecule has 4 aromatic rings. The van der Waals surface area contributed by atoms with Crippen molar-refractivity contribution in [3.8, 4) is 34.5 Å². The Kier molecular flexibility index (Phi) is 10.0. The van der Waals surface area contributed by atoms with Crippen LogP contribution >= 0.6 is 0 Å². The van der Waals surface area contributed by atoms with Crippen molar-refractivity contribution in [3.63, 3.8) is 0 Å². The van der Waals surface area contributed by atoms with Crippen LogP contribution in [0.3, 0.4) is 0 Å². The number of benzene rings is 4. The standard InChI is InChI=1S/C28H23N3O18S3/c1-10-18(30-27(39)16-5-13(51(44,45)46)8-21(33)24(16)36)2-11(29-26(38)15-4-12(50(41,42)43)7-20(32)23(15)35)3-19(10)31-28(40)17-6-14(52(47,48)49)9-22(34)25(17)37/h2-9,32-37H,1H3,(H,29,38)(H,30,39)(H,31,40)(H,41,42,43)(H,44,45,46)(H,47,48,49). The molecule has 4 rings (SSSR count). The first-order valence-corrected chi connectivity index (χ1v) is 17.8. The lowest BCUT2D eigenvalue weighted by molar-refractivity contribution is 0.101. The average molecular weight is 786 g/mol. The molecular formula is C28H23N3O18S3. The van der Waals surface area contributed by atoms with Crippen molar-refractivity contribution in [1.82, 2.24) is 0 Å². The second kappa shape index (κ2) is 13.5. The molecular weight excluding hydrogens is 763 g/mol. The number of carbonyl (C=O) groups is 3. The Morgan fingerprint density at radius 2 is 0.731 bits per heavy atom. The first kappa shape index (κ1) is 38.6. The number of rotatable bonds is 9. The van der Waals surface area contributed by atoms with E-state index in [2.05, 4.69) is 16.0 Å². The highest BCUT2D eigenvalue weighted by molar-refractivity contribution is 7.86. The van der Waals surface area contributed by atoms with Gasteiger partial charge in [0.25, 0.3) is 48.1 Å². The Bertz CT molecular complexity index is 2430. The molecule has 0 aromatic heterocycles. The number of nitrogens with one attached hydrogen (secondary N) is 3. The van der Waals surface area contributed by atoms with E-state index in [1.807, 2.05) is 0 Å². The van der Waals surface area contributed by atoms with Crippen LogP contribution in [0.15, 0.2) is 63.2 Å². The van der Waals surface area contributed by atoms with Crippen LogP contribution in [-0.2, 0) is 30.4 Å². The maximum atomic E-state index is 13.2. The normalized spacial score (nSPS) is 11.8. The van der Waals surface area contributed by atoms with E-state index in [9.17, 15) is 83.9 Å². The van der Waals surface area contributed by atoms with Gasteiger partial charge in [-0.05, 0) is 42.8 Å². The van der Waals surface area contributed by atoms with Crippen LogP contribution in [0.2, 0.25) is 0 Å².